The number of anilines is 1. The second kappa shape index (κ2) is 7.84. The van der Waals surface area contributed by atoms with Crippen molar-refractivity contribution in [1.82, 2.24) is 4.98 Å². The molecule has 1 heterocycles. The Morgan fingerprint density at radius 2 is 2.26 bits per heavy atom. The third kappa shape index (κ3) is 3.92. The quantitative estimate of drug-likeness (QED) is 0.510. The molecule has 0 amide bonds. The SMILES string of the molecule is C=CCCc1c[c-]cnc1N(C)C1CC(CC)C1.[W]. The monoisotopic (exact) mass is 427 g/mol. The van der Waals surface area contributed by atoms with Gasteiger partial charge in [-0.05, 0) is 25.2 Å². The van der Waals surface area contributed by atoms with Gasteiger partial charge in [0.1, 0.15) is 0 Å². The first-order valence-corrected chi connectivity index (χ1v) is 6.95. The van der Waals surface area contributed by atoms with Crippen LogP contribution in [0.1, 0.15) is 38.2 Å². The Kier molecular flexibility index (Phi) is 6.78. The number of hydrogen-bond acceptors (Lipinski definition) is 2. The van der Waals surface area contributed by atoms with Crippen molar-refractivity contribution in [2.45, 2.75) is 45.1 Å². The Morgan fingerprint density at radius 1 is 1.53 bits per heavy atom. The first kappa shape index (κ1) is 16.4. The molecule has 1 aliphatic rings. The summed E-state index contributed by atoms with van der Waals surface area (Å²) < 4.78 is 0. The maximum Gasteiger partial charge on any atom is 0.0464 e. The van der Waals surface area contributed by atoms with Crippen LogP contribution in [0.3, 0.4) is 0 Å². The first-order chi connectivity index (χ1) is 8.76. The van der Waals surface area contributed by atoms with Gasteiger partial charge in [0, 0.05) is 40.0 Å². The summed E-state index contributed by atoms with van der Waals surface area (Å²) in [5.74, 6) is 2.06. The molecule has 1 saturated carbocycles. The summed E-state index contributed by atoms with van der Waals surface area (Å²) in [4.78, 5) is 6.88. The van der Waals surface area contributed by atoms with Gasteiger partial charge in [-0.1, -0.05) is 32.0 Å². The molecule has 0 N–H and O–H groups in total. The normalized spacial score (nSPS) is 21.2. The minimum absolute atomic E-state index is 0. The summed E-state index contributed by atoms with van der Waals surface area (Å²) in [6, 6.07) is 5.83. The summed E-state index contributed by atoms with van der Waals surface area (Å²) in [5, 5.41) is 0. The number of nitrogens with zero attached hydrogens (tertiary/aromatic N) is 2. The maximum absolute atomic E-state index is 4.52. The standard InChI is InChI=1S/C16H23N2.W/c1-4-6-8-14-9-7-10-17-16(14)18(3)15-11-13(5-2)12-15;/h4,9-10,13,15H,1,5-6,8,11-12H2,2-3H3;/q-1;. The molecule has 1 aromatic rings. The number of pyridine rings is 1. The molecule has 104 valence electrons. The Bertz CT molecular complexity index is 399. The molecule has 19 heavy (non-hydrogen) atoms. The maximum atomic E-state index is 4.52. The van der Waals surface area contributed by atoms with Gasteiger partial charge < -0.3 is 4.90 Å². The summed E-state index contributed by atoms with van der Waals surface area (Å²) in [7, 11) is 2.18. The van der Waals surface area contributed by atoms with Crippen LogP contribution in [0.15, 0.2) is 24.9 Å². The van der Waals surface area contributed by atoms with Gasteiger partial charge >= 0.3 is 0 Å². The van der Waals surface area contributed by atoms with E-state index < -0.39 is 0 Å². The summed E-state index contributed by atoms with van der Waals surface area (Å²) in [6.45, 7) is 6.07. The van der Waals surface area contributed by atoms with Gasteiger partial charge in [-0.2, -0.15) is 5.56 Å². The fraction of sp³-hybridized carbons (Fsp3) is 0.562. The summed E-state index contributed by atoms with van der Waals surface area (Å²) in [5.41, 5.74) is 1.29. The molecular weight excluding hydrogens is 404 g/mol. The molecule has 0 aliphatic heterocycles. The van der Waals surface area contributed by atoms with Gasteiger partial charge in [0.2, 0.25) is 0 Å². The Labute approximate surface area is 131 Å². The van der Waals surface area contributed by atoms with Crippen LogP contribution < -0.4 is 4.90 Å². The van der Waals surface area contributed by atoms with E-state index in [1.165, 1.54) is 24.8 Å². The number of aryl methyl sites for hydroxylation is 1. The zero-order valence-corrected chi connectivity index (χ0v) is 14.9. The van der Waals surface area contributed by atoms with Gasteiger partial charge in [-0.25, -0.2) is 12.1 Å². The predicted molar refractivity (Wildman–Crippen MR) is 76.8 cm³/mol. The van der Waals surface area contributed by atoms with E-state index in [4.69, 9.17) is 0 Å². The van der Waals surface area contributed by atoms with Gasteiger partial charge in [-0.15, -0.1) is 6.58 Å². The van der Waals surface area contributed by atoms with Crippen molar-refractivity contribution >= 4 is 5.82 Å². The van der Waals surface area contributed by atoms with Crippen LogP contribution >= 0.6 is 0 Å². The average Bonchev–Trinajstić information content (AvgIpc) is 2.35. The summed E-state index contributed by atoms with van der Waals surface area (Å²) in [6.07, 6.45) is 9.69. The van der Waals surface area contributed by atoms with Crippen molar-refractivity contribution in [3.05, 3.63) is 36.5 Å². The van der Waals surface area contributed by atoms with Crippen molar-refractivity contribution in [3.63, 3.8) is 0 Å². The first-order valence-electron chi connectivity index (χ1n) is 6.95. The molecule has 1 aliphatic carbocycles. The van der Waals surface area contributed by atoms with E-state index in [0.717, 1.165) is 24.6 Å². The minimum Gasteiger partial charge on any atom is -0.371 e. The van der Waals surface area contributed by atoms with Gasteiger partial charge in [-0.3, -0.25) is 4.98 Å². The molecule has 0 aromatic carbocycles. The number of rotatable bonds is 6. The predicted octanol–water partition coefficient (Wildman–Crippen LogP) is 3.62. The second-order valence-corrected chi connectivity index (χ2v) is 5.26. The van der Waals surface area contributed by atoms with Gasteiger partial charge in [0.05, 0.1) is 0 Å². The smallest absolute Gasteiger partial charge is 0.0464 e. The van der Waals surface area contributed by atoms with Crippen LogP contribution in [0.5, 0.6) is 0 Å². The van der Waals surface area contributed by atoms with Crippen LogP contribution in [0.25, 0.3) is 0 Å². The molecule has 0 saturated heterocycles. The molecule has 0 atom stereocenters. The van der Waals surface area contributed by atoms with Crippen molar-refractivity contribution < 1.29 is 21.1 Å². The molecule has 0 unspecified atom stereocenters. The van der Waals surface area contributed by atoms with E-state index in [2.05, 4.69) is 42.6 Å². The van der Waals surface area contributed by atoms with Crippen molar-refractivity contribution in [1.29, 1.82) is 0 Å². The van der Waals surface area contributed by atoms with Crippen LogP contribution in [0.2, 0.25) is 0 Å². The zero-order valence-electron chi connectivity index (χ0n) is 11.9. The average molecular weight is 427 g/mol. The van der Waals surface area contributed by atoms with Crippen LogP contribution in [0, 0.1) is 12.0 Å². The van der Waals surface area contributed by atoms with Crippen molar-refractivity contribution in [2.75, 3.05) is 11.9 Å². The summed E-state index contributed by atoms with van der Waals surface area (Å²) >= 11 is 0. The van der Waals surface area contributed by atoms with Crippen LogP contribution in [0.4, 0.5) is 5.82 Å². The molecule has 1 aromatic heterocycles. The van der Waals surface area contributed by atoms with Gasteiger partial charge in [0.25, 0.3) is 0 Å². The van der Waals surface area contributed by atoms with E-state index >= 15 is 0 Å². The minimum atomic E-state index is 0. The molecule has 3 heteroatoms. The third-order valence-corrected chi connectivity index (χ3v) is 4.09. The molecule has 1 fully saturated rings. The Hall–Kier alpha value is -0.622. The topological polar surface area (TPSA) is 16.1 Å². The van der Waals surface area contributed by atoms with Crippen molar-refractivity contribution in [3.8, 4) is 0 Å². The van der Waals surface area contributed by atoms with Gasteiger partial charge in [0.15, 0.2) is 0 Å². The Morgan fingerprint density at radius 3 is 2.89 bits per heavy atom. The van der Waals surface area contributed by atoms with E-state index in [1.54, 1.807) is 6.20 Å². The van der Waals surface area contributed by atoms with Crippen LogP contribution in [-0.4, -0.2) is 18.1 Å². The molecule has 0 radical (unpaired) electrons. The zero-order chi connectivity index (χ0) is 13.0. The molecule has 2 rings (SSSR count). The van der Waals surface area contributed by atoms with E-state index in [0.29, 0.717) is 6.04 Å². The number of hydrogen-bond donors (Lipinski definition) is 0. The number of aromatic nitrogens is 1. The van der Waals surface area contributed by atoms with E-state index in [1.807, 2.05) is 6.08 Å². The van der Waals surface area contributed by atoms with Crippen molar-refractivity contribution in [2.24, 2.45) is 5.92 Å². The Balaban J connectivity index is 0.00000180. The fourth-order valence-corrected chi connectivity index (χ4v) is 2.67. The second-order valence-electron chi connectivity index (χ2n) is 5.26. The van der Waals surface area contributed by atoms with E-state index in [-0.39, 0.29) is 21.1 Å². The third-order valence-electron chi connectivity index (χ3n) is 4.09. The number of allylic oxidation sites excluding steroid dienone is 1. The molecule has 2 nitrogen and oxygen atoms in total. The molecule has 0 spiro atoms. The molecular formula is C16H23N2W-. The fourth-order valence-electron chi connectivity index (χ4n) is 2.67. The largest absolute Gasteiger partial charge is 0.371 e. The molecule has 0 bridgehead atoms. The van der Waals surface area contributed by atoms with E-state index in [9.17, 15) is 0 Å². The van der Waals surface area contributed by atoms with Crippen LogP contribution in [-0.2, 0) is 27.5 Å².